The lowest BCUT2D eigenvalue weighted by atomic mass is 9.91. The van der Waals surface area contributed by atoms with Crippen LogP contribution >= 0.6 is 0 Å². The summed E-state index contributed by atoms with van der Waals surface area (Å²) in [6.45, 7) is 5.80. The summed E-state index contributed by atoms with van der Waals surface area (Å²) in [5, 5.41) is 9.28. The number of H-pyrrole nitrogens is 1. The first-order chi connectivity index (χ1) is 6.42. The molecule has 1 aliphatic carbocycles. The zero-order valence-electron chi connectivity index (χ0n) is 8.59. The number of carboxylic acids is 1. The Hall–Kier alpha value is -1.32. The Balaban J connectivity index is 2.52. The summed E-state index contributed by atoms with van der Waals surface area (Å²) in [4.78, 5) is 18.4. The third-order valence-electron chi connectivity index (χ3n) is 3.34. The van der Waals surface area contributed by atoms with Gasteiger partial charge >= 0.3 is 5.97 Å². The molecule has 1 aromatic rings. The highest BCUT2D eigenvalue weighted by Crippen LogP contribution is 2.64. The van der Waals surface area contributed by atoms with E-state index in [9.17, 15) is 9.90 Å². The molecule has 1 fully saturated rings. The molecular formula is C10H14N2O2. The smallest absolute Gasteiger partial charge is 0.316 e. The van der Waals surface area contributed by atoms with Crippen LogP contribution in [0.5, 0.6) is 0 Å². The van der Waals surface area contributed by atoms with Gasteiger partial charge in [0.1, 0.15) is 5.41 Å². The maximum Gasteiger partial charge on any atom is 0.316 e. The van der Waals surface area contributed by atoms with Gasteiger partial charge in [-0.05, 0) is 18.8 Å². The van der Waals surface area contributed by atoms with Gasteiger partial charge in [0.05, 0.1) is 12.0 Å². The van der Waals surface area contributed by atoms with Crippen LogP contribution in [0.25, 0.3) is 0 Å². The van der Waals surface area contributed by atoms with Gasteiger partial charge in [-0.1, -0.05) is 13.8 Å². The van der Waals surface area contributed by atoms with Gasteiger partial charge in [-0.3, -0.25) is 4.79 Å². The molecule has 0 saturated heterocycles. The molecular weight excluding hydrogens is 180 g/mol. The van der Waals surface area contributed by atoms with E-state index in [1.54, 1.807) is 6.33 Å². The summed E-state index contributed by atoms with van der Waals surface area (Å²) in [5.41, 5.74) is 0.601. The molecule has 0 bridgehead atoms. The maximum atomic E-state index is 11.3. The fourth-order valence-electron chi connectivity index (χ4n) is 2.28. The van der Waals surface area contributed by atoms with Crippen molar-refractivity contribution < 1.29 is 9.90 Å². The molecule has 76 valence electrons. The van der Waals surface area contributed by atoms with E-state index in [-0.39, 0.29) is 5.41 Å². The minimum Gasteiger partial charge on any atom is -0.481 e. The largest absolute Gasteiger partial charge is 0.481 e. The van der Waals surface area contributed by atoms with E-state index in [2.05, 4.69) is 9.97 Å². The monoisotopic (exact) mass is 194 g/mol. The molecule has 0 amide bonds. The Bertz CT molecular complexity index is 395. The van der Waals surface area contributed by atoms with Crippen molar-refractivity contribution in [2.45, 2.75) is 32.6 Å². The van der Waals surface area contributed by atoms with Gasteiger partial charge in [-0.15, -0.1) is 0 Å². The first kappa shape index (κ1) is 9.24. The number of carbonyl (C=O) groups is 1. The Kier molecular flexibility index (Phi) is 1.57. The average molecular weight is 194 g/mol. The molecule has 1 aliphatic rings. The molecule has 4 nitrogen and oxygen atoms in total. The summed E-state index contributed by atoms with van der Waals surface area (Å²) in [5.74, 6) is -0.766. The minimum atomic E-state index is -0.767. The van der Waals surface area contributed by atoms with E-state index in [1.165, 1.54) is 0 Å². The molecule has 14 heavy (non-hydrogen) atoms. The number of hydrogen-bond donors (Lipinski definition) is 2. The highest BCUT2D eigenvalue weighted by Gasteiger charge is 2.69. The molecule has 0 spiro atoms. The van der Waals surface area contributed by atoms with Crippen molar-refractivity contribution in [3.8, 4) is 0 Å². The number of aromatic amines is 1. The van der Waals surface area contributed by atoms with Crippen LogP contribution in [-0.4, -0.2) is 21.0 Å². The zero-order valence-corrected chi connectivity index (χ0v) is 8.59. The predicted molar refractivity (Wildman–Crippen MR) is 51.0 cm³/mol. The average Bonchev–Trinajstić information content (AvgIpc) is 2.44. The third kappa shape index (κ3) is 0.882. The van der Waals surface area contributed by atoms with Gasteiger partial charge in [0.25, 0.3) is 0 Å². The maximum absolute atomic E-state index is 11.3. The third-order valence-corrected chi connectivity index (χ3v) is 3.34. The van der Waals surface area contributed by atoms with Crippen LogP contribution in [-0.2, 0) is 10.2 Å². The fraction of sp³-hybridized carbons (Fsp3) is 0.600. The van der Waals surface area contributed by atoms with Crippen molar-refractivity contribution in [1.82, 2.24) is 9.97 Å². The number of imidazole rings is 1. The number of aryl methyl sites for hydroxylation is 1. The summed E-state index contributed by atoms with van der Waals surface area (Å²) < 4.78 is 0. The summed E-state index contributed by atoms with van der Waals surface area (Å²) >= 11 is 0. The Labute approximate surface area is 82.4 Å². The Morgan fingerprint density at radius 3 is 2.50 bits per heavy atom. The van der Waals surface area contributed by atoms with Gasteiger partial charge < -0.3 is 10.1 Å². The van der Waals surface area contributed by atoms with Crippen LogP contribution in [0.4, 0.5) is 0 Å². The Morgan fingerprint density at radius 1 is 1.64 bits per heavy atom. The number of rotatable bonds is 2. The lowest BCUT2D eigenvalue weighted by molar-refractivity contribution is -0.141. The van der Waals surface area contributed by atoms with Crippen LogP contribution in [0.1, 0.15) is 31.7 Å². The standard InChI is InChI=1S/C10H14N2O2/c1-6-7(12-5-11-6)10(8(13)14)4-9(10,2)3/h5H,4H2,1-3H3,(H,11,12)(H,13,14). The second kappa shape index (κ2) is 2.38. The number of aliphatic carboxylic acids is 1. The molecule has 1 saturated carbocycles. The lowest BCUT2D eigenvalue weighted by Crippen LogP contribution is -2.26. The fourth-order valence-corrected chi connectivity index (χ4v) is 2.28. The van der Waals surface area contributed by atoms with E-state index in [0.29, 0.717) is 12.1 Å². The molecule has 0 radical (unpaired) electrons. The van der Waals surface area contributed by atoms with Crippen molar-refractivity contribution in [3.63, 3.8) is 0 Å². The van der Waals surface area contributed by atoms with E-state index in [1.807, 2.05) is 20.8 Å². The van der Waals surface area contributed by atoms with Crippen LogP contribution in [0.15, 0.2) is 6.33 Å². The molecule has 2 rings (SSSR count). The topological polar surface area (TPSA) is 66.0 Å². The van der Waals surface area contributed by atoms with Crippen LogP contribution < -0.4 is 0 Å². The van der Waals surface area contributed by atoms with Crippen molar-refractivity contribution >= 4 is 5.97 Å². The van der Waals surface area contributed by atoms with E-state index in [4.69, 9.17) is 0 Å². The second-order valence-corrected chi connectivity index (χ2v) is 4.65. The molecule has 0 aromatic carbocycles. The van der Waals surface area contributed by atoms with Gasteiger partial charge in [-0.2, -0.15) is 0 Å². The highest BCUT2D eigenvalue weighted by molar-refractivity contribution is 5.86. The number of aromatic nitrogens is 2. The first-order valence-electron chi connectivity index (χ1n) is 4.66. The predicted octanol–water partition coefficient (Wildman–Crippen LogP) is 1.47. The van der Waals surface area contributed by atoms with E-state index >= 15 is 0 Å². The van der Waals surface area contributed by atoms with Crippen molar-refractivity contribution in [2.75, 3.05) is 0 Å². The SMILES string of the molecule is Cc1[nH]cnc1C1(C(=O)O)CC1(C)C. The molecule has 1 unspecified atom stereocenters. The number of carboxylic acid groups (broad SMARTS) is 1. The number of nitrogens with zero attached hydrogens (tertiary/aromatic N) is 1. The van der Waals surface area contributed by atoms with Crippen molar-refractivity contribution in [2.24, 2.45) is 5.41 Å². The Morgan fingerprint density at radius 2 is 2.21 bits per heavy atom. The minimum absolute atomic E-state index is 0.182. The lowest BCUT2D eigenvalue weighted by Gasteiger charge is -2.13. The molecule has 2 N–H and O–H groups in total. The van der Waals surface area contributed by atoms with Crippen LogP contribution in [0, 0.1) is 12.3 Å². The summed E-state index contributed by atoms with van der Waals surface area (Å²) in [6, 6.07) is 0. The second-order valence-electron chi connectivity index (χ2n) is 4.65. The van der Waals surface area contributed by atoms with Gasteiger partial charge in [-0.25, -0.2) is 4.98 Å². The molecule has 1 aromatic heterocycles. The first-order valence-corrected chi connectivity index (χ1v) is 4.66. The van der Waals surface area contributed by atoms with Crippen molar-refractivity contribution in [1.29, 1.82) is 0 Å². The summed E-state index contributed by atoms with van der Waals surface area (Å²) in [7, 11) is 0. The highest BCUT2D eigenvalue weighted by atomic mass is 16.4. The molecule has 4 heteroatoms. The van der Waals surface area contributed by atoms with Crippen molar-refractivity contribution in [3.05, 3.63) is 17.7 Å². The molecule has 0 aliphatic heterocycles. The number of nitrogens with one attached hydrogen (secondary N) is 1. The molecule has 1 atom stereocenters. The van der Waals surface area contributed by atoms with Crippen LogP contribution in [0.3, 0.4) is 0 Å². The van der Waals surface area contributed by atoms with E-state index in [0.717, 1.165) is 5.69 Å². The summed E-state index contributed by atoms with van der Waals surface area (Å²) in [6.07, 6.45) is 2.23. The van der Waals surface area contributed by atoms with Gasteiger partial charge in [0.2, 0.25) is 0 Å². The van der Waals surface area contributed by atoms with Gasteiger partial charge in [0, 0.05) is 5.69 Å². The quantitative estimate of drug-likeness (QED) is 0.749. The zero-order chi connectivity index (χ0) is 10.6. The van der Waals surface area contributed by atoms with E-state index < -0.39 is 11.4 Å². The molecule has 1 heterocycles. The normalized spacial score (nSPS) is 28.8. The van der Waals surface area contributed by atoms with Gasteiger partial charge in [0.15, 0.2) is 0 Å². The van der Waals surface area contributed by atoms with Crippen LogP contribution in [0.2, 0.25) is 0 Å². The number of hydrogen-bond acceptors (Lipinski definition) is 2.